The normalized spacial score (nSPS) is 36.7. The highest BCUT2D eigenvalue weighted by Crippen LogP contribution is 2.43. The minimum atomic E-state index is -0.938. The van der Waals surface area contributed by atoms with Gasteiger partial charge in [-0.15, -0.1) is 0 Å². The first-order valence-corrected chi connectivity index (χ1v) is 11.8. The molecule has 2 aliphatic carbocycles. The number of anilines is 2. The highest BCUT2D eigenvalue weighted by Gasteiger charge is 2.44. The Bertz CT molecular complexity index is 770. The molecule has 0 spiro atoms. The van der Waals surface area contributed by atoms with Crippen LogP contribution in [-0.4, -0.2) is 72.1 Å². The summed E-state index contributed by atoms with van der Waals surface area (Å²) in [6.07, 6.45) is 4.88. The maximum atomic E-state index is 10.3. The first kappa shape index (κ1) is 21.4. The Morgan fingerprint density at radius 1 is 1.13 bits per heavy atom. The fraction of sp³-hybridized carbons (Fsp3) is 0.739. The number of hydrogen-bond acceptors (Lipinski definition) is 8. The number of fused-ring (bicyclic) bond motifs is 1. The van der Waals surface area contributed by atoms with E-state index in [0.717, 1.165) is 18.3 Å². The lowest BCUT2D eigenvalue weighted by molar-refractivity contribution is -0.0348. The predicted molar refractivity (Wildman–Crippen MR) is 121 cm³/mol. The van der Waals surface area contributed by atoms with Gasteiger partial charge in [-0.2, -0.15) is 0 Å². The van der Waals surface area contributed by atoms with Gasteiger partial charge in [0.1, 0.15) is 24.5 Å². The number of benzene rings is 1. The summed E-state index contributed by atoms with van der Waals surface area (Å²) in [7, 11) is 2.08. The first-order valence-electron chi connectivity index (χ1n) is 11.8. The van der Waals surface area contributed by atoms with Gasteiger partial charge in [-0.05, 0) is 75.1 Å². The van der Waals surface area contributed by atoms with Crippen molar-refractivity contribution in [1.29, 1.82) is 0 Å². The summed E-state index contributed by atoms with van der Waals surface area (Å²) in [5.74, 6) is 1.53. The average Bonchev–Trinajstić information content (AvgIpc) is 3.44. The molecule has 5 atom stereocenters. The topological polar surface area (TPSA) is 115 Å². The fourth-order valence-corrected chi connectivity index (χ4v) is 5.35. The van der Waals surface area contributed by atoms with Crippen molar-refractivity contribution in [2.45, 2.75) is 81.2 Å². The van der Waals surface area contributed by atoms with Crippen LogP contribution < -0.4 is 21.7 Å². The lowest BCUT2D eigenvalue weighted by Crippen LogP contribution is -2.48. The molecule has 0 aromatic heterocycles. The molecule has 1 aromatic carbocycles. The van der Waals surface area contributed by atoms with Gasteiger partial charge in [0.15, 0.2) is 0 Å². The standard InChI is InChI=1S/C23H37N5O3/c1-28(11-19-21(29)22(30)23(31-19)25-12-24)16-8-13(9-16)2-7-20-26-17-6-5-15(14-3-4-14)10-18(17)27-20/h5-6,10,13-14,16,19-23,25-27,29-30H,2-4,7-9,11-12,24H2,1H3/t13?,16?,19-,20?,21-,22-,23-/m1/s1. The molecular formula is C23H37N5O3. The van der Waals surface area contributed by atoms with E-state index in [1.807, 2.05) is 0 Å². The molecule has 2 saturated carbocycles. The van der Waals surface area contributed by atoms with Gasteiger partial charge in [0.2, 0.25) is 0 Å². The van der Waals surface area contributed by atoms with Crippen LogP contribution in [-0.2, 0) is 4.74 Å². The summed E-state index contributed by atoms with van der Waals surface area (Å²) in [5.41, 5.74) is 9.45. The second kappa shape index (κ2) is 8.84. The van der Waals surface area contributed by atoms with Crippen molar-refractivity contribution in [2.24, 2.45) is 11.7 Å². The maximum Gasteiger partial charge on any atom is 0.138 e. The van der Waals surface area contributed by atoms with Crippen molar-refractivity contribution in [3.63, 3.8) is 0 Å². The maximum absolute atomic E-state index is 10.3. The third kappa shape index (κ3) is 4.55. The minimum absolute atomic E-state index is 0.207. The number of nitrogens with zero attached hydrogens (tertiary/aromatic N) is 1. The van der Waals surface area contributed by atoms with E-state index in [1.165, 1.54) is 49.0 Å². The van der Waals surface area contributed by atoms with Gasteiger partial charge in [0, 0.05) is 19.3 Å². The highest BCUT2D eigenvalue weighted by molar-refractivity contribution is 5.75. The summed E-state index contributed by atoms with van der Waals surface area (Å²) in [4.78, 5) is 2.27. The van der Waals surface area contributed by atoms with Gasteiger partial charge >= 0.3 is 0 Å². The summed E-state index contributed by atoms with van der Waals surface area (Å²) in [6, 6.07) is 7.35. The molecule has 4 aliphatic rings. The zero-order chi connectivity index (χ0) is 21.5. The van der Waals surface area contributed by atoms with E-state index < -0.39 is 24.5 Å². The van der Waals surface area contributed by atoms with E-state index >= 15 is 0 Å². The van der Waals surface area contributed by atoms with Gasteiger partial charge in [-0.25, -0.2) is 0 Å². The third-order valence-corrected chi connectivity index (χ3v) is 7.60. The Morgan fingerprint density at radius 2 is 1.90 bits per heavy atom. The third-order valence-electron chi connectivity index (χ3n) is 7.60. The van der Waals surface area contributed by atoms with Gasteiger partial charge in [0.25, 0.3) is 0 Å². The lowest BCUT2D eigenvalue weighted by Gasteiger charge is -2.42. The van der Waals surface area contributed by atoms with Crippen molar-refractivity contribution in [3.8, 4) is 0 Å². The summed E-state index contributed by atoms with van der Waals surface area (Å²) in [5, 5.41) is 30.5. The van der Waals surface area contributed by atoms with Gasteiger partial charge in [0.05, 0.1) is 17.5 Å². The second-order valence-corrected chi connectivity index (χ2v) is 9.91. The number of likely N-dealkylation sites (N-methyl/N-ethyl adjacent to an activating group) is 1. The quantitative estimate of drug-likeness (QED) is 0.323. The summed E-state index contributed by atoms with van der Waals surface area (Å²) in [6.45, 7) is 0.821. The van der Waals surface area contributed by atoms with Crippen LogP contribution in [0.25, 0.3) is 0 Å². The van der Waals surface area contributed by atoms with Crippen molar-refractivity contribution >= 4 is 11.4 Å². The Hall–Kier alpha value is -1.42. The molecule has 1 saturated heterocycles. The van der Waals surface area contributed by atoms with Gasteiger partial charge < -0.3 is 36.2 Å². The molecule has 0 bridgehead atoms. The molecule has 8 nitrogen and oxygen atoms in total. The summed E-state index contributed by atoms with van der Waals surface area (Å²) < 4.78 is 5.77. The fourth-order valence-electron chi connectivity index (χ4n) is 5.35. The zero-order valence-corrected chi connectivity index (χ0v) is 18.3. The molecule has 172 valence electrons. The number of ether oxygens (including phenoxy) is 1. The van der Waals surface area contributed by atoms with E-state index in [9.17, 15) is 10.2 Å². The zero-order valence-electron chi connectivity index (χ0n) is 18.3. The molecule has 0 radical (unpaired) electrons. The molecule has 2 aliphatic heterocycles. The van der Waals surface area contributed by atoms with Gasteiger partial charge in [-0.1, -0.05) is 6.07 Å². The Morgan fingerprint density at radius 3 is 2.65 bits per heavy atom. The minimum Gasteiger partial charge on any atom is -0.387 e. The van der Waals surface area contributed by atoms with Crippen LogP contribution in [0.15, 0.2) is 18.2 Å². The van der Waals surface area contributed by atoms with Crippen LogP contribution in [0.5, 0.6) is 0 Å². The smallest absolute Gasteiger partial charge is 0.138 e. The molecule has 5 rings (SSSR count). The molecule has 2 heterocycles. The molecule has 8 heteroatoms. The van der Waals surface area contributed by atoms with Crippen LogP contribution in [0.1, 0.15) is 50.0 Å². The number of aliphatic hydroxyl groups is 2. The molecular weight excluding hydrogens is 394 g/mol. The number of aliphatic hydroxyl groups excluding tert-OH is 2. The van der Waals surface area contributed by atoms with Crippen molar-refractivity contribution in [3.05, 3.63) is 23.8 Å². The Kier molecular flexibility index (Phi) is 6.11. The van der Waals surface area contributed by atoms with E-state index in [-0.39, 0.29) is 6.67 Å². The SMILES string of the molecule is CN(C[C@H]1O[C@@H](NCN)[C@H](O)[C@@H]1O)C1CC(CCC2Nc3ccc(C4CC4)cc3N2)C1. The highest BCUT2D eigenvalue weighted by atomic mass is 16.6. The number of nitrogens with one attached hydrogen (secondary N) is 3. The average molecular weight is 432 g/mol. The van der Waals surface area contributed by atoms with Crippen molar-refractivity contribution in [2.75, 3.05) is 30.9 Å². The van der Waals surface area contributed by atoms with Crippen molar-refractivity contribution < 1.29 is 14.9 Å². The van der Waals surface area contributed by atoms with Crippen molar-refractivity contribution in [1.82, 2.24) is 10.2 Å². The summed E-state index contributed by atoms with van der Waals surface area (Å²) >= 11 is 0. The monoisotopic (exact) mass is 431 g/mol. The Balaban J connectivity index is 1.02. The first-order chi connectivity index (χ1) is 15.0. The van der Waals surface area contributed by atoms with E-state index in [4.69, 9.17) is 10.5 Å². The van der Waals surface area contributed by atoms with E-state index in [2.05, 4.69) is 46.1 Å². The van der Waals surface area contributed by atoms with Gasteiger partial charge in [-0.3, -0.25) is 5.32 Å². The largest absolute Gasteiger partial charge is 0.387 e. The number of nitrogens with two attached hydrogens (primary N) is 1. The molecule has 31 heavy (non-hydrogen) atoms. The molecule has 1 aromatic rings. The van der Waals surface area contributed by atoms with Crippen LogP contribution in [0.2, 0.25) is 0 Å². The predicted octanol–water partition coefficient (Wildman–Crippen LogP) is 1.17. The molecule has 1 unspecified atom stereocenters. The number of hydrogen-bond donors (Lipinski definition) is 6. The number of rotatable bonds is 9. The van der Waals surface area contributed by atoms with Crippen LogP contribution in [0, 0.1) is 5.92 Å². The molecule has 3 fully saturated rings. The van der Waals surface area contributed by atoms with Crippen LogP contribution in [0.3, 0.4) is 0 Å². The van der Waals surface area contributed by atoms with E-state index in [1.54, 1.807) is 0 Å². The van der Waals surface area contributed by atoms with E-state index in [0.29, 0.717) is 18.8 Å². The molecule has 7 N–H and O–H groups in total. The van der Waals surface area contributed by atoms with Crippen LogP contribution >= 0.6 is 0 Å². The molecule has 0 amide bonds. The lowest BCUT2D eigenvalue weighted by atomic mass is 9.76. The second-order valence-electron chi connectivity index (χ2n) is 9.91. The van der Waals surface area contributed by atoms with Crippen LogP contribution in [0.4, 0.5) is 11.4 Å². The Labute approximate surface area is 184 Å².